The topological polar surface area (TPSA) is 33.1 Å². The molecule has 0 bridgehead atoms. The Bertz CT molecular complexity index is 455. The fourth-order valence-corrected chi connectivity index (χ4v) is 2.46. The Labute approximate surface area is 88.7 Å². The summed E-state index contributed by atoms with van der Waals surface area (Å²) >= 11 is 13.1. The van der Waals surface area contributed by atoms with E-state index in [4.69, 9.17) is 28.3 Å². The normalized spacial score (nSPS) is 11.0. The highest BCUT2D eigenvalue weighted by Crippen LogP contribution is 2.37. The van der Waals surface area contributed by atoms with Crippen molar-refractivity contribution < 1.29 is 5.11 Å². The molecule has 0 aromatic carbocycles. The number of fused-ring (bicyclic) bond motifs is 1. The van der Waals surface area contributed by atoms with Crippen LogP contribution >= 0.6 is 34.5 Å². The summed E-state index contributed by atoms with van der Waals surface area (Å²) in [6, 6.07) is 3.61. The molecule has 0 aliphatic rings. The van der Waals surface area contributed by atoms with Crippen LogP contribution in [0.1, 0.15) is 5.69 Å². The number of halogens is 2. The molecule has 2 aromatic rings. The number of thiophene rings is 1. The van der Waals surface area contributed by atoms with Crippen LogP contribution < -0.4 is 0 Å². The third-order valence-electron chi connectivity index (χ3n) is 1.66. The molecule has 2 nitrogen and oxygen atoms in total. The molecule has 0 saturated heterocycles. The Kier molecular flexibility index (Phi) is 2.43. The highest BCUT2D eigenvalue weighted by molar-refractivity contribution is 7.23. The van der Waals surface area contributed by atoms with Gasteiger partial charge in [-0.25, -0.2) is 4.98 Å². The molecule has 2 heterocycles. The third-order valence-corrected chi connectivity index (χ3v) is 3.59. The van der Waals surface area contributed by atoms with Crippen LogP contribution in [0, 0.1) is 0 Å². The van der Waals surface area contributed by atoms with Gasteiger partial charge in [0.2, 0.25) is 0 Å². The van der Waals surface area contributed by atoms with E-state index in [0.717, 1.165) is 4.70 Å². The van der Waals surface area contributed by atoms with Gasteiger partial charge in [-0.1, -0.05) is 23.2 Å². The monoisotopic (exact) mass is 233 g/mol. The summed E-state index contributed by atoms with van der Waals surface area (Å²) in [5, 5.41) is 9.33. The fourth-order valence-electron chi connectivity index (χ4n) is 1.05. The van der Waals surface area contributed by atoms with Gasteiger partial charge in [0.1, 0.15) is 9.85 Å². The largest absolute Gasteiger partial charge is 0.390 e. The van der Waals surface area contributed by atoms with Gasteiger partial charge in [0.15, 0.2) is 0 Å². The Hall–Kier alpha value is -0.350. The summed E-state index contributed by atoms with van der Waals surface area (Å²) in [6.07, 6.45) is 0. The Morgan fingerprint density at radius 3 is 2.85 bits per heavy atom. The van der Waals surface area contributed by atoms with Crippen LogP contribution in [0.15, 0.2) is 12.1 Å². The average Bonchev–Trinajstić information content (AvgIpc) is 2.43. The molecular formula is C8H5Cl2NOS. The molecule has 0 fully saturated rings. The SMILES string of the molecule is OCc1ccc2sc(Cl)c(Cl)c2n1. The van der Waals surface area contributed by atoms with Crippen molar-refractivity contribution in [2.75, 3.05) is 0 Å². The zero-order chi connectivity index (χ0) is 9.42. The minimum absolute atomic E-state index is 0.0836. The average molecular weight is 234 g/mol. The molecule has 2 rings (SSSR count). The van der Waals surface area contributed by atoms with Crippen molar-refractivity contribution in [3.05, 3.63) is 27.2 Å². The molecule has 0 amide bonds. The summed E-state index contributed by atoms with van der Waals surface area (Å²) in [5.41, 5.74) is 1.27. The van der Waals surface area contributed by atoms with Crippen LogP contribution in [-0.4, -0.2) is 10.1 Å². The van der Waals surface area contributed by atoms with Gasteiger partial charge in [0, 0.05) is 0 Å². The summed E-state index contributed by atoms with van der Waals surface area (Å²) in [5.74, 6) is 0. The lowest BCUT2D eigenvalue weighted by Crippen LogP contribution is -1.87. The van der Waals surface area contributed by atoms with E-state index in [0.29, 0.717) is 20.6 Å². The molecule has 13 heavy (non-hydrogen) atoms. The van der Waals surface area contributed by atoms with Crippen molar-refractivity contribution in [3.63, 3.8) is 0 Å². The zero-order valence-electron chi connectivity index (χ0n) is 6.42. The minimum atomic E-state index is -0.0836. The summed E-state index contributed by atoms with van der Waals surface area (Å²) < 4.78 is 1.48. The van der Waals surface area contributed by atoms with E-state index in [9.17, 15) is 0 Å². The number of nitrogens with zero attached hydrogens (tertiary/aromatic N) is 1. The maximum Gasteiger partial charge on any atom is 0.114 e. The quantitative estimate of drug-likeness (QED) is 0.822. The van der Waals surface area contributed by atoms with E-state index < -0.39 is 0 Å². The van der Waals surface area contributed by atoms with E-state index in [1.165, 1.54) is 11.3 Å². The molecule has 0 aliphatic carbocycles. The van der Waals surface area contributed by atoms with E-state index in [2.05, 4.69) is 4.98 Å². The molecule has 2 aromatic heterocycles. The maximum atomic E-state index is 8.86. The molecule has 68 valence electrons. The predicted octanol–water partition coefficient (Wildman–Crippen LogP) is 3.10. The zero-order valence-corrected chi connectivity index (χ0v) is 8.75. The van der Waals surface area contributed by atoms with Gasteiger partial charge in [0.25, 0.3) is 0 Å². The lowest BCUT2D eigenvalue weighted by molar-refractivity contribution is 0.277. The molecule has 0 spiro atoms. The number of hydrogen-bond acceptors (Lipinski definition) is 3. The van der Waals surface area contributed by atoms with Gasteiger partial charge in [0.05, 0.1) is 22.0 Å². The summed E-state index contributed by atoms with van der Waals surface area (Å²) in [4.78, 5) is 4.16. The van der Waals surface area contributed by atoms with Crippen LogP contribution in [0.3, 0.4) is 0 Å². The van der Waals surface area contributed by atoms with Crippen molar-refractivity contribution in [3.8, 4) is 0 Å². The van der Waals surface area contributed by atoms with Crippen LogP contribution in [0.5, 0.6) is 0 Å². The number of pyridine rings is 1. The van der Waals surface area contributed by atoms with Crippen LogP contribution in [0.4, 0.5) is 0 Å². The van der Waals surface area contributed by atoms with Crippen molar-refractivity contribution in [1.29, 1.82) is 0 Å². The van der Waals surface area contributed by atoms with E-state index >= 15 is 0 Å². The first-order chi connectivity index (χ1) is 6.22. The van der Waals surface area contributed by atoms with Gasteiger partial charge < -0.3 is 5.11 Å². The van der Waals surface area contributed by atoms with E-state index in [-0.39, 0.29) is 6.61 Å². The van der Waals surface area contributed by atoms with Crippen molar-refractivity contribution in [2.45, 2.75) is 6.61 Å². The van der Waals surface area contributed by atoms with Crippen LogP contribution in [-0.2, 0) is 6.61 Å². The Morgan fingerprint density at radius 2 is 2.15 bits per heavy atom. The maximum absolute atomic E-state index is 8.86. The van der Waals surface area contributed by atoms with Crippen molar-refractivity contribution in [1.82, 2.24) is 4.98 Å². The lowest BCUT2D eigenvalue weighted by Gasteiger charge is -1.94. The molecule has 5 heteroatoms. The van der Waals surface area contributed by atoms with Crippen molar-refractivity contribution >= 4 is 44.8 Å². The van der Waals surface area contributed by atoms with Gasteiger partial charge in [-0.15, -0.1) is 11.3 Å². The molecule has 0 unspecified atom stereocenters. The molecule has 0 atom stereocenters. The second-order valence-electron chi connectivity index (χ2n) is 2.50. The molecule has 1 N–H and O–H groups in total. The molecular weight excluding hydrogens is 229 g/mol. The highest BCUT2D eigenvalue weighted by atomic mass is 35.5. The number of hydrogen-bond donors (Lipinski definition) is 1. The predicted molar refractivity (Wildman–Crippen MR) is 55.6 cm³/mol. The number of aliphatic hydroxyl groups is 1. The lowest BCUT2D eigenvalue weighted by atomic mass is 10.3. The van der Waals surface area contributed by atoms with E-state index in [1.54, 1.807) is 6.07 Å². The van der Waals surface area contributed by atoms with Gasteiger partial charge in [-0.05, 0) is 12.1 Å². The number of aliphatic hydroxyl groups excluding tert-OH is 1. The molecule has 0 aliphatic heterocycles. The molecule has 0 radical (unpaired) electrons. The van der Waals surface area contributed by atoms with Crippen LogP contribution in [0.25, 0.3) is 10.2 Å². The smallest absolute Gasteiger partial charge is 0.114 e. The fraction of sp³-hybridized carbons (Fsp3) is 0.125. The first kappa shape index (κ1) is 9.21. The van der Waals surface area contributed by atoms with E-state index in [1.807, 2.05) is 6.07 Å². The van der Waals surface area contributed by atoms with Crippen LogP contribution in [0.2, 0.25) is 9.36 Å². The molecule has 0 saturated carbocycles. The first-order valence-corrected chi connectivity index (χ1v) is 5.14. The Balaban J connectivity index is 2.75. The van der Waals surface area contributed by atoms with Gasteiger partial charge in [-0.3, -0.25) is 0 Å². The van der Waals surface area contributed by atoms with Gasteiger partial charge in [-0.2, -0.15) is 0 Å². The summed E-state index contributed by atoms with van der Waals surface area (Å²) in [7, 11) is 0. The third kappa shape index (κ3) is 1.53. The number of aromatic nitrogens is 1. The number of rotatable bonds is 1. The standard InChI is InChI=1S/C8H5Cl2NOS/c9-6-7-5(13-8(6)10)2-1-4(3-12)11-7/h1-2,12H,3H2. The van der Waals surface area contributed by atoms with Gasteiger partial charge >= 0.3 is 0 Å². The van der Waals surface area contributed by atoms with Crippen molar-refractivity contribution in [2.24, 2.45) is 0 Å². The summed E-state index contributed by atoms with van der Waals surface area (Å²) in [6.45, 7) is -0.0836. The Morgan fingerprint density at radius 1 is 1.38 bits per heavy atom. The second kappa shape index (κ2) is 3.42. The highest BCUT2D eigenvalue weighted by Gasteiger charge is 2.09. The minimum Gasteiger partial charge on any atom is -0.390 e. The first-order valence-electron chi connectivity index (χ1n) is 3.56. The second-order valence-corrected chi connectivity index (χ2v) is 4.53.